The maximum atomic E-state index is 12.7. The molecule has 2 heterocycles. The van der Waals surface area contributed by atoms with Gasteiger partial charge in [0.15, 0.2) is 5.58 Å². The van der Waals surface area contributed by atoms with Crippen LogP contribution in [0.15, 0.2) is 71.1 Å². The largest absolute Gasteiger partial charge is 0.457 e. The van der Waals surface area contributed by atoms with Crippen LogP contribution >= 0.6 is 11.6 Å². The van der Waals surface area contributed by atoms with E-state index < -0.39 is 12.0 Å². The lowest BCUT2D eigenvalue weighted by molar-refractivity contribution is 0.0968. The lowest BCUT2D eigenvalue weighted by Crippen LogP contribution is -2.49. The Balaban J connectivity index is 1.14. The summed E-state index contributed by atoms with van der Waals surface area (Å²) >= 11 is 5.94. The standard InChI is InChI=1S/C26H23ClN4O5/c27-18-4-6-19(7-5-18)34-20-3-1-2-17(14-20)16-30-10-12-31(13-11-30)26(33)35-21-8-9-22-23(15-21)36-25(29-22)24(28)32/h1-9,14-15H,10-13,16H2,(H2,28,32). The van der Waals surface area contributed by atoms with E-state index >= 15 is 0 Å². The predicted octanol–water partition coefficient (Wildman–Crippen LogP) is 4.69. The topological polar surface area (TPSA) is 111 Å². The van der Waals surface area contributed by atoms with Gasteiger partial charge in [0.1, 0.15) is 22.8 Å². The number of carbonyl (C=O) groups excluding carboxylic acids is 2. The Hall–Kier alpha value is -4.08. The molecule has 2 amide bonds. The van der Waals surface area contributed by atoms with Crippen LogP contribution in [-0.2, 0) is 6.54 Å². The Morgan fingerprint density at radius 2 is 1.69 bits per heavy atom. The number of primary amides is 1. The smallest absolute Gasteiger partial charge is 0.415 e. The third kappa shape index (κ3) is 5.59. The van der Waals surface area contributed by atoms with Crippen LogP contribution in [-0.4, -0.2) is 53.0 Å². The number of amides is 2. The van der Waals surface area contributed by atoms with Crippen LogP contribution in [0.2, 0.25) is 5.02 Å². The van der Waals surface area contributed by atoms with Gasteiger partial charge in [0.2, 0.25) is 0 Å². The van der Waals surface area contributed by atoms with Gasteiger partial charge in [-0.2, -0.15) is 0 Å². The molecule has 184 valence electrons. The van der Waals surface area contributed by atoms with Crippen molar-refractivity contribution in [2.24, 2.45) is 5.73 Å². The number of ether oxygens (including phenoxy) is 2. The van der Waals surface area contributed by atoms with E-state index in [-0.39, 0.29) is 5.89 Å². The Bertz CT molecular complexity index is 1400. The van der Waals surface area contributed by atoms with Crippen molar-refractivity contribution >= 4 is 34.7 Å². The van der Waals surface area contributed by atoms with Crippen molar-refractivity contribution in [3.8, 4) is 17.2 Å². The van der Waals surface area contributed by atoms with E-state index in [2.05, 4.69) is 16.0 Å². The van der Waals surface area contributed by atoms with Crippen LogP contribution in [0.3, 0.4) is 0 Å². The first-order valence-corrected chi connectivity index (χ1v) is 11.7. The average Bonchev–Trinajstić information content (AvgIpc) is 3.30. The van der Waals surface area contributed by atoms with E-state index in [9.17, 15) is 9.59 Å². The van der Waals surface area contributed by atoms with Crippen LogP contribution in [0.1, 0.15) is 16.2 Å². The highest BCUT2D eigenvalue weighted by atomic mass is 35.5. The molecule has 0 aliphatic carbocycles. The summed E-state index contributed by atoms with van der Waals surface area (Å²) in [5.41, 5.74) is 7.09. The highest BCUT2D eigenvalue weighted by Gasteiger charge is 2.23. The Kier molecular flexibility index (Phi) is 6.75. The average molecular weight is 507 g/mol. The molecular formula is C26H23ClN4O5. The maximum Gasteiger partial charge on any atom is 0.415 e. The molecule has 2 N–H and O–H groups in total. The zero-order valence-corrected chi connectivity index (χ0v) is 20.0. The van der Waals surface area contributed by atoms with E-state index in [0.717, 1.165) is 23.6 Å². The number of fused-ring (bicyclic) bond motifs is 1. The van der Waals surface area contributed by atoms with E-state index in [1.807, 2.05) is 30.3 Å². The molecule has 0 bridgehead atoms. The minimum Gasteiger partial charge on any atom is -0.457 e. The van der Waals surface area contributed by atoms with Crippen molar-refractivity contribution in [1.29, 1.82) is 0 Å². The number of nitrogens with zero attached hydrogens (tertiary/aromatic N) is 3. The van der Waals surface area contributed by atoms with Gasteiger partial charge in [-0.05, 0) is 54.1 Å². The molecule has 0 saturated carbocycles. The van der Waals surface area contributed by atoms with Crippen LogP contribution in [0.25, 0.3) is 11.1 Å². The molecule has 3 aromatic carbocycles. The fraction of sp³-hybridized carbons (Fsp3) is 0.192. The van der Waals surface area contributed by atoms with Crippen LogP contribution in [0.5, 0.6) is 17.2 Å². The molecule has 4 aromatic rings. The second-order valence-corrected chi connectivity index (χ2v) is 8.78. The third-order valence-electron chi connectivity index (χ3n) is 5.76. The van der Waals surface area contributed by atoms with Gasteiger partial charge in [0.05, 0.1) is 0 Å². The van der Waals surface area contributed by atoms with Crippen LogP contribution in [0, 0.1) is 0 Å². The predicted molar refractivity (Wildman–Crippen MR) is 133 cm³/mol. The zero-order valence-electron chi connectivity index (χ0n) is 19.2. The molecule has 0 spiro atoms. The summed E-state index contributed by atoms with van der Waals surface area (Å²) in [6.45, 7) is 3.23. The number of nitrogens with two attached hydrogens (primary N) is 1. The van der Waals surface area contributed by atoms with Gasteiger partial charge in [-0.3, -0.25) is 9.69 Å². The first kappa shape index (κ1) is 23.7. The van der Waals surface area contributed by atoms with Crippen molar-refractivity contribution < 1.29 is 23.5 Å². The molecule has 1 aliphatic rings. The number of hydrogen-bond donors (Lipinski definition) is 1. The fourth-order valence-corrected chi connectivity index (χ4v) is 4.06. The summed E-state index contributed by atoms with van der Waals surface area (Å²) in [5.74, 6) is 0.831. The normalized spacial score (nSPS) is 14.1. The number of halogens is 1. The fourth-order valence-electron chi connectivity index (χ4n) is 3.93. The highest BCUT2D eigenvalue weighted by Crippen LogP contribution is 2.25. The summed E-state index contributed by atoms with van der Waals surface area (Å²) in [4.78, 5) is 31.8. The van der Waals surface area contributed by atoms with Crippen molar-refractivity contribution in [2.45, 2.75) is 6.54 Å². The molecule has 1 aliphatic heterocycles. The Morgan fingerprint density at radius 3 is 2.44 bits per heavy atom. The number of aromatic nitrogens is 1. The van der Waals surface area contributed by atoms with E-state index in [4.69, 9.17) is 31.2 Å². The second-order valence-electron chi connectivity index (χ2n) is 8.35. The maximum absolute atomic E-state index is 12.7. The number of oxazole rings is 1. The molecule has 0 radical (unpaired) electrons. The first-order chi connectivity index (χ1) is 17.4. The van der Waals surface area contributed by atoms with E-state index in [0.29, 0.717) is 48.1 Å². The molecule has 10 heteroatoms. The number of rotatable bonds is 6. The van der Waals surface area contributed by atoms with Gasteiger partial charge in [0.25, 0.3) is 5.89 Å². The van der Waals surface area contributed by atoms with Gasteiger partial charge in [-0.1, -0.05) is 23.7 Å². The molecule has 36 heavy (non-hydrogen) atoms. The SMILES string of the molecule is NC(=O)c1nc2ccc(OC(=O)N3CCN(Cc4cccc(Oc5ccc(Cl)cc5)c4)CC3)cc2o1. The molecule has 1 saturated heterocycles. The highest BCUT2D eigenvalue weighted by molar-refractivity contribution is 6.30. The molecule has 0 atom stereocenters. The molecule has 9 nitrogen and oxygen atoms in total. The molecule has 0 unspecified atom stereocenters. The van der Waals surface area contributed by atoms with Gasteiger partial charge >= 0.3 is 12.0 Å². The number of hydrogen-bond acceptors (Lipinski definition) is 7. The summed E-state index contributed by atoms with van der Waals surface area (Å²) in [7, 11) is 0. The summed E-state index contributed by atoms with van der Waals surface area (Å²) in [5, 5.41) is 0.661. The van der Waals surface area contributed by atoms with E-state index in [1.54, 1.807) is 29.2 Å². The van der Waals surface area contributed by atoms with Gasteiger partial charge in [-0.25, -0.2) is 9.78 Å². The van der Waals surface area contributed by atoms with Crippen LogP contribution in [0.4, 0.5) is 4.79 Å². The van der Waals surface area contributed by atoms with Crippen LogP contribution < -0.4 is 15.2 Å². The lowest BCUT2D eigenvalue weighted by atomic mass is 10.2. The zero-order chi connectivity index (χ0) is 25.1. The van der Waals surface area contributed by atoms with Gasteiger partial charge < -0.3 is 24.5 Å². The van der Waals surface area contributed by atoms with Crippen molar-refractivity contribution in [3.63, 3.8) is 0 Å². The lowest BCUT2D eigenvalue weighted by Gasteiger charge is -2.34. The summed E-state index contributed by atoms with van der Waals surface area (Å²) in [6.07, 6.45) is -0.443. The summed E-state index contributed by atoms with van der Waals surface area (Å²) in [6, 6.07) is 19.9. The minimum atomic E-state index is -0.761. The van der Waals surface area contributed by atoms with Gasteiger partial charge in [-0.15, -0.1) is 0 Å². The third-order valence-corrected chi connectivity index (χ3v) is 6.01. The number of carbonyl (C=O) groups is 2. The van der Waals surface area contributed by atoms with Crippen molar-refractivity contribution in [1.82, 2.24) is 14.8 Å². The minimum absolute atomic E-state index is 0.188. The summed E-state index contributed by atoms with van der Waals surface area (Å²) < 4.78 is 16.7. The number of benzene rings is 3. The molecule has 5 rings (SSSR count). The van der Waals surface area contributed by atoms with E-state index in [1.165, 1.54) is 6.07 Å². The molecule has 1 aromatic heterocycles. The Labute approximate surface area is 212 Å². The monoisotopic (exact) mass is 506 g/mol. The molecule has 1 fully saturated rings. The second kappa shape index (κ2) is 10.3. The first-order valence-electron chi connectivity index (χ1n) is 11.3. The van der Waals surface area contributed by atoms with Crippen molar-refractivity contribution in [3.05, 3.63) is 83.2 Å². The Morgan fingerprint density at radius 1 is 0.944 bits per heavy atom. The number of piperazine rings is 1. The van der Waals surface area contributed by atoms with Crippen molar-refractivity contribution in [2.75, 3.05) is 26.2 Å². The molecular weight excluding hydrogens is 484 g/mol. The quantitative estimate of drug-likeness (QED) is 0.404. The van der Waals surface area contributed by atoms with Gasteiger partial charge in [0, 0.05) is 43.8 Å².